The van der Waals surface area contributed by atoms with Crippen molar-refractivity contribution in [2.45, 2.75) is 18.4 Å². The van der Waals surface area contributed by atoms with Gasteiger partial charge in [-0.2, -0.15) is 4.99 Å². The first-order valence-electron chi connectivity index (χ1n) is 4.87. The zero-order valence-electron chi connectivity index (χ0n) is 8.05. The van der Waals surface area contributed by atoms with Crippen LogP contribution in [0.15, 0.2) is 35.6 Å². The van der Waals surface area contributed by atoms with Gasteiger partial charge in [0.2, 0.25) is 6.08 Å². The summed E-state index contributed by atoms with van der Waals surface area (Å²) in [5.74, 6) is 0. The molecule has 1 aliphatic rings. The van der Waals surface area contributed by atoms with Crippen molar-refractivity contribution in [3.05, 3.63) is 36.3 Å². The predicted molar refractivity (Wildman–Crippen MR) is 54.2 cm³/mol. The molecule has 2 aromatic rings. The highest BCUT2D eigenvalue weighted by molar-refractivity contribution is 5.45. The Morgan fingerprint density at radius 3 is 3.07 bits per heavy atom. The second kappa shape index (κ2) is 2.78. The van der Waals surface area contributed by atoms with Crippen molar-refractivity contribution in [3.63, 3.8) is 0 Å². The maximum absolute atomic E-state index is 10.4. The largest absolute Gasteiger partial charge is 0.302 e. The molecule has 1 fully saturated rings. The minimum atomic E-state index is -0.345. The SMILES string of the molecule is O=C=NC1(c2cnc3ccccn23)CC1. The van der Waals surface area contributed by atoms with E-state index in [1.165, 1.54) is 0 Å². The van der Waals surface area contributed by atoms with Crippen molar-refractivity contribution in [3.8, 4) is 0 Å². The van der Waals surface area contributed by atoms with E-state index in [4.69, 9.17) is 0 Å². The summed E-state index contributed by atoms with van der Waals surface area (Å²) in [5.41, 5.74) is 1.53. The van der Waals surface area contributed by atoms with E-state index in [0.717, 1.165) is 24.2 Å². The fourth-order valence-corrected chi connectivity index (χ4v) is 1.91. The van der Waals surface area contributed by atoms with E-state index < -0.39 is 0 Å². The Labute approximate surface area is 86.3 Å². The minimum Gasteiger partial charge on any atom is -0.302 e. The van der Waals surface area contributed by atoms with Gasteiger partial charge in [-0.3, -0.25) is 0 Å². The molecule has 0 saturated heterocycles. The Morgan fingerprint density at radius 1 is 1.47 bits per heavy atom. The Morgan fingerprint density at radius 2 is 2.33 bits per heavy atom. The van der Waals surface area contributed by atoms with Gasteiger partial charge in [-0.25, -0.2) is 9.78 Å². The van der Waals surface area contributed by atoms with Crippen molar-refractivity contribution in [1.82, 2.24) is 9.38 Å². The van der Waals surface area contributed by atoms with E-state index in [9.17, 15) is 4.79 Å². The molecule has 15 heavy (non-hydrogen) atoms. The van der Waals surface area contributed by atoms with E-state index in [-0.39, 0.29) is 5.54 Å². The minimum absolute atomic E-state index is 0.345. The van der Waals surface area contributed by atoms with Crippen LogP contribution in [0.5, 0.6) is 0 Å². The lowest BCUT2D eigenvalue weighted by atomic mass is 10.2. The molecule has 0 unspecified atom stereocenters. The summed E-state index contributed by atoms with van der Waals surface area (Å²) >= 11 is 0. The second-order valence-electron chi connectivity index (χ2n) is 3.81. The number of hydrogen-bond donors (Lipinski definition) is 0. The lowest BCUT2D eigenvalue weighted by Gasteiger charge is -2.06. The fourth-order valence-electron chi connectivity index (χ4n) is 1.91. The molecule has 0 aromatic carbocycles. The maximum atomic E-state index is 10.4. The zero-order valence-corrected chi connectivity index (χ0v) is 8.05. The first-order valence-corrected chi connectivity index (χ1v) is 4.87. The topological polar surface area (TPSA) is 46.7 Å². The number of imidazole rings is 1. The number of nitrogens with zero attached hydrogens (tertiary/aromatic N) is 3. The van der Waals surface area contributed by atoms with E-state index in [1.807, 2.05) is 28.8 Å². The lowest BCUT2D eigenvalue weighted by Crippen LogP contribution is -2.05. The number of fused-ring (bicyclic) bond motifs is 1. The first kappa shape index (κ1) is 8.38. The van der Waals surface area contributed by atoms with Gasteiger partial charge < -0.3 is 4.40 Å². The van der Waals surface area contributed by atoms with Crippen LogP contribution in [0.1, 0.15) is 18.5 Å². The number of rotatable bonds is 2. The molecular formula is C11H9N3O. The third-order valence-corrected chi connectivity index (χ3v) is 2.88. The number of pyridine rings is 1. The van der Waals surface area contributed by atoms with Gasteiger partial charge in [-0.1, -0.05) is 6.07 Å². The van der Waals surface area contributed by atoms with Crippen LogP contribution in [0.4, 0.5) is 0 Å². The first-order chi connectivity index (χ1) is 7.36. The molecule has 3 rings (SSSR count). The smallest absolute Gasteiger partial charge is 0.235 e. The maximum Gasteiger partial charge on any atom is 0.235 e. The van der Waals surface area contributed by atoms with Crippen molar-refractivity contribution in [2.24, 2.45) is 4.99 Å². The van der Waals surface area contributed by atoms with Crippen LogP contribution in [-0.4, -0.2) is 15.5 Å². The van der Waals surface area contributed by atoms with E-state index in [0.29, 0.717) is 0 Å². The molecule has 4 nitrogen and oxygen atoms in total. The van der Waals surface area contributed by atoms with Crippen LogP contribution in [0.25, 0.3) is 5.65 Å². The van der Waals surface area contributed by atoms with Gasteiger partial charge in [0.05, 0.1) is 11.9 Å². The van der Waals surface area contributed by atoms with Crippen LogP contribution in [-0.2, 0) is 10.3 Å². The monoisotopic (exact) mass is 199 g/mol. The van der Waals surface area contributed by atoms with Gasteiger partial charge in [0.1, 0.15) is 11.2 Å². The quantitative estimate of drug-likeness (QED) is 0.545. The van der Waals surface area contributed by atoms with Crippen molar-refractivity contribution < 1.29 is 4.79 Å². The number of isocyanates is 1. The molecule has 0 N–H and O–H groups in total. The van der Waals surface area contributed by atoms with Crippen LogP contribution >= 0.6 is 0 Å². The predicted octanol–water partition coefficient (Wildman–Crippen LogP) is 1.66. The van der Waals surface area contributed by atoms with Gasteiger partial charge in [0, 0.05) is 6.20 Å². The number of aromatic nitrogens is 2. The van der Waals surface area contributed by atoms with E-state index >= 15 is 0 Å². The Hall–Kier alpha value is -1.93. The van der Waals surface area contributed by atoms with Crippen LogP contribution in [0.3, 0.4) is 0 Å². The average molecular weight is 199 g/mol. The Kier molecular flexibility index (Phi) is 1.55. The molecule has 2 aromatic heterocycles. The molecule has 0 aliphatic heterocycles. The van der Waals surface area contributed by atoms with Crippen molar-refractivity contribution in [1.29, 1.82) is 0 Å². The standard InChI is InChI=1S/C11H9N3O/c15-8-13-11(4-5-11)9-7-12-10-3-1-2-6-14(9)10/h1-3,6-7H,4-5H2. The van der Waals surface area contributed by atoms with E-state index in [2.05, 4.69) is 9.98 Å². The molecule has 74 valence electrons. The van der Waals surface area contributed by atoms with Crippen LogP contribution < -0.4 is 0 Å². The number of aliphatic imine (C=N–C) groups is 1. The second-order valence-corrected chi connectivity index (χ2v) is 3.81. The van der Waals surface area contributed by atoms with Gasteiger partial charge in [0.25, 0.3) is 0 Å². The highest BCUT2D eigenvalue weighted by Gasteiger charge is 2.47. The molecule has 1 aliphatic carbocycles. The summed E-state index contributed by atoms with van der Waals surface area (Å²) in [5, 5.41) is 0. The molecule has 0 radical (unpaired) electrons. The van der Waals surface area contributed by atoms with Gasteiger partial charge in [-0.05, 0) is 25.0 Å². The van der Waals surface area contributed by atoms with Gasteiger partial charge in [-0.15, -0.1) is 0 Å². The molecule has 0 spiro atoms. The van der Waals surface area contributed by atoms with E-state index in [1.54, 1.807) is 12.3 Å². The molecule has 0 bridgehead atoms. The molecule has 1 saturated carbocycles. The third-order valence-electron chi connectivity index (χ3n) is 2.88. The normalized spacial score (nSPS) is 17.3. The average Bonchev–Trinajstić information content (AvgIpc) is 2.91. The summed E-state index contributed by atoms with van der Waals surface area (Å²) in [6, 6.07) is 5.82. The number of carbonyl (C=O) groups excluding carboxylic acids is 1. The third kappa shape index (κ3) is 1.12. The molecular weight excluding hydrogens is 190 g/mol. The highest BCUT2D eigenvalue weighted by atomic mass is 16.1. The highest BCUT2D eigenvalue weighted by Crippen LogP contribution is 2.49. The lowest BCUT2D eigenvalue weighted by molar-refractivity contribution is 0.554. The Bertz CT molecular complexity index is 562. The van der Waals surface area contributed by atoms with Gasteiger partial charge in [0.15, 0.2) is 0 Å². The van der Waals surface area contributed by atoms with Crippen LogP contribution in [0.2, 0.25) is 0 Å². The molecule has 2 heterocycles. The molecule has 4 heteroatoms. The number of hydrogen-bond acceptors (Lipinski definition) is 3. The Balaban J connectivity index is 2.24. The summed E-state index contributed by atoms with van der Waals surface area (Å²) in [4.78, 5) is 18.5. The van der Waals surface area contributed by atoms with Crippen molar-refractivity contribution >= 4 is 11.7 Å². The zero-order chi connectivity index (χ0) is 10.3. The molecule has 0 amide bonds. The summed E-state index contributed by atoms with van der Waals surface area (Å²) in [6.45, 7) is 0. The molecule has 0 atom stereocenters. The van der Waals surface area contributed by atoms with Crippen molar-refractivity contribution in [2.75, 3.05) is 0 Å². The summed E-state index contributed by atoms with van der Waals surface area (Å²) in [7, 11) is 0. The summed E-state index contributed by atoms with van der Waals surface area (Å²) in [6.07, 6.45) is 7.21. The van der Waals surface area contributed by atoms with Crippen LogP contribution in [0, 0.1) is 0 Å². The fraction of sp³-hybridized carbons (Fsp3) is 0.273. The van der Waals surface area contributed by atoms with Gasteiger partial charge >= 0.3 is 0 Å². The summed E-state index contributed by atoms with van der Waals surface area (Å²) < 4.78 is 1.98.